The first kappa shape index (κ1) is 12.6. The Morgan fingerprint density at radius 1 is 1.09 bits per heavy atom. The Kier molecular flexibility index (Phi) is 2.88. The summed E-state index contributed by atoms with van der Waals surface area (Å²) in [5, 5.41) is 5.02. The van der Waals surface area contributed by atoms with E-state index < -0.39 is 6.04 Å². The van der Waals surface area contributed by atoms with Crippen LogP contribution in [0.2, 0.25) is 0 Å². The molecule has 3 aromatic rings. The average Bonchev–Trinajstić information content (AvgIpc) is 3.17. The van der Waals surface area contributed by atoms with Crippen molar-refractivity contribution >= 4 is 10.9 Å². The summed E-state index contributed by atoms with van der Waals surface area (Å²) in [4.78, 5) is 6.30. The zero-order valence-electron chi connectivity index (χ0n) is 11.6. The Labute approximate surface area is 125 Å². The van der Waals surface area contributed by atoms with E-state index in [1.807, 2.05) is 48.5 Å². The van der Waals surface area contributed by atoms with Crippen molar-refractivity contribution in [1.82, 2.24) is 4.98 Å². The molecule has 0 saturated heterocycles. The van der Waals surface area contributed by atoms with Gasteiger partial charge in [-0.3, -0.25) is 0 Å². The van der Waals surface area contributed by atoms with Gasteiger partial charge in [0.05, 0.1) is 0 Å². The molecule has 0 radical (unpaired) electrons. The predicted octanol–water partition coefficient (Wildman–Crippen LogP) is 4.30. The van der Waals surface area contributed by atoms with Gasteiger partial charge in [0.1, 0.15) is 6.04 Å². The molecule has 0 bridgehead atoms. The van der Waals surface area contributed by atoms with E-state index in [1.165, 1.54) is 0 Å². The SMILES string of the molecule is [N-]=[N+]=NC(c1ccc2c(c1)OCO2)c1cc2ccccc2[nH]1. The lowest BCUT2D eigenvalue weighted by molar-refractivity contribution is 0.174. The van der Waals surface area contributed by atoms with Crippen LogP contribution >= 0.6 is 0 Å². The van der Waals surface area contributed by atoms with Crippen LogP contribution in [-0.4, -0.2) is 11.8 Å². The highest BCUT2D eigenvalue weighted by Gasteiger charge is 2.19. The van der Waals surface area contributed by atoms with Gasteiger partial charge in [-0.1, -0.05) is 29.4 Å². The monoisotopic (exact) mass is 292 g/mol. The van der Waals surface area contributed by atoms with Crippen molar-refractivity contribution < 1.29 is 9.47 Å². The molecule has 6 heteroatoms. The second-order valence-electron chi connectivity index (χ2n) is 5.03. The molecule has 2 aromatic carbocycles. The Hall–Kier alpha value is -3.11. The summed E-state index contributed by atoms with van der Waals surface area (Å²) in [5.41, 5.74) is 11.6. The molecule has 0 fully saturated rings. The number of fused-ring (bicyclic) bond motifs is 2. The number of benzene rings is 2. The molecule has 0 saturated carbocycles. The lowest BCUT2D eigenvalue weighted by Gasteiger charge is -2.10. The van der Waals surface area contributed by atoms with Crippen molar-refractivity contribution in [2.45, 2.75) is 6.04 Å². The largest absolute Gasteiger partial charge is 0.454 e. The van der Waals surface area contributed by atoms with Crippen molar-refractivity contribution in [2.24, 2.45) is 5.11 Å². The fraction of sp³-hybridized carbons (Fsp3) is 0.125. The fourth-order valence-corrected chi connectivity index (χ4v) is 2.69. The maximum absolute atomic E-state index is 8.92. The smallest absolute Gasteiger partial charge is 0.231 e. The number of rotatable bonds is 3. The van der Waals surface area contributed by atoms with E-state index in [0.29, 0.717) is 11.5 Å². The van der Waals surface area contributed by atoms with Gasteiger partial charge in [-0.05, 0) is 40.7 Å². The first-order valence-corrected chi connectivity index (χ1v) is 6.86. The van der Waals surface area contributed by atoms with Crippen LogP contribution in [0.5, 0.6) is 11.5 Å². The van der Waals surface area contributed by atoms with E-state index in [1.54, 1.807) is 0 Å². The molecule has 1 aliphatic heterocycles. The van der Waals surface area contributed by atoms with Crippen LogP contribution in [-0.2, 0) is 0 Å². The second-order valence-corrected chi connectivity index (χ2v) is 5.03. The van der Waals surface area contributed by atoms with Crippen LogP contribution < -0.4 is 9.47 Å². The molecule has 1 N–H and O–H groups in total. The third-order valence-corrected chi connectivity index (χ3v) is 3.72. The Morgan fingerprint density at radius 2 is 1.95 bits per heavy atom. The van der Waals surface area contributed by atoms with Crippen LogP contribution in [0, 0.1) is 0 Å². The predicted molar refractivity (Wildman–Crippen MR) is 81.9 cm³/mol. The molecule has 1 atom stereocenters. The molecule has 6 nitrogen and oxygen atoms in total. The van der Waals surface area contributed by atoms with Crippen LogP contribution in [0.4, 0.5) is 0 Å². The number of hydrogen-bond acceptors (Lipinski definition) is 3. The lowest BCUT2D eigenvalue weighted by atomic mass is 10.0. The highest BCUT2D eigenvalue weighted by Crippen LogP contribution is 2.37. The molecular weight excluding hydrogens is 280 g/mol. The molecule has 108 valence electrons. The van der Waals surface area contributed by atoms with Crippen molar-refractivity contribution in [3.05, 3.63) is 70.2 Å². The van der Waals surface area contributed by atoms with Crippen molar-refractivity contribution in [1.29, 1.82) is 0 Å². The minimum atomic E-state index is -0.438. The van der Waals surface area contributed by atoms with E-state index >= 15 is 0 Å². The molecule has 0 amide bonds. The number of nitrogens with zero attached hydrogens (tertiary/aromatic N) is 3. The standard InChI is InChI=1S/C16H12N4O2/c17-20-19-16(11-5-6-14-15(8-11)22-9-21-14)13-7-10-3-1-2-4-12(10)18-13/h1-8,16,18H,9H2. The van der Waals surface area contributed by atoms with Crippen molar-refractivity contribution in [2.75, 3.05) is 6.79 Å². The zero-order chi connectivity index (χ0) is 14.9. The number of azide groups is 1. The Morgan fingerprint density at radius 3 is 2.82 bits per heavy atom. The van der Waals surface area contributed by atoms with Gasteiger partial charge >= 0.3 is 0 Å². The van der Waals surface area contributed by atoms with Gasteiger partial charge in [0.15, 0.2) is 11.5 Å². The summed E-state index contributed by atoms with van der Waals surface area (Å²) in [6, 6.07) is 15.1. The first-order valence-electron chi connectivity index (χ1n) is 6.86. The van der Waals surface area contributed by atoms with Gasteiger partial charge < -0.3 is 14.5 Å². The third-order valence-electron chi connectivity index (χ3n) is 3.72. The van der Waals surface area contributed by atoms with E-state index in [4.69, 9.17) is 15.0 Å². The van der Waals surface area contributed by atoms with Crippen LogP contribution in [0.25, 0.3) is 21.3 Å². The quantitative estimate of drug-likeness (QED) is 0.443. The minimum Gasteiger partial charge on any atom is -0.454 e. The summed E-state index contributed by atoms with van der Waals surface area (Å²) in [5.74, 6) is 1.38. The summed E-state index contributed by atoms with van der Waals surface area (Å²) < 4.78 is 10.7. The molecule has 1 aliphatic rings. The number of ether oxygens (including phenoxy) is 2. The van der Waals surface area contributed by atoms with Gasteiger partial charge in [0.25, 0.3) is 0 Å². The van der Waals surface area contributed by atoms with Gasteiger partial charge in [-0.15, -0.1) is 0 Å². The van der Waals surface area contributed by atoms with Crippen LogP contribution in [0.1, 0.15) is 17.3 Å². The van der Waals surface area contributed by atoms with E-state index in [9.17, 15) is 0 Å². The molecule has 0 aliphatic carbocycles. The minimum absolute atomic E-state index is 0.220. The number of aromatic amines is 1. The molecule has 1 aromatic heterocycles. The van der Waals surface area contributed by atoms with Gasteiger partial charge in [-0.25, -0.2) is 0 Å². The lowest BCUT2D eigenvalue weighted by Crippen LogP contribution is -1.97. The van der Waals surface area contributed by atoms with Crippen LogP contribution in [0.15, 0.2) is 53.6 Å². The summed E-state index contributed by atoms with van der Waals surface area (Å²) >= 11 is 0. The topological polar surface area (TPSA) is 83.0 Å². The van der Waals surface area contributed by atoms with E-state index in [-0.39, 0.29) is 6.79 Å². The molecular formula is C16H12N4O2. The number of aromatic nitrogens is 1. The maximum atomic E-state index is 8.92. The second kappa shape index (κ2) is 5.02. The van der Waals surface area contributed by atoms with E-state index in [2.05, 4.69) is 15.0 Å². The average molecular weight is 292 g/mol. The highest BCUT2D eigenvalue weighted by atomic mass is 16.7. The molecule has 0 spiro atoms. The first-order chi connectivity index (χ1) is 10.8. The fourth-order valence-electron chi connectivity index (χ4n) is 2.69. The molecule has 1 unspecified atom stereocenters. The Bertz CT molecular complexity index is 863. The highest BCUT2D eigenvalue weighted by molar-refractivity contribution is 5.80. The van der Waals surface area contributed by atoms with Gasteiger partial charge in [0, 0.05) is 16.1 Å². The number of nitrogens with one attached hydrogen (secondary N) is 1. The van der Waals surface area contributed by atoms with Crippen molar-refractivity contribution in [3.8, 4) is 11.5 Å². The maximum Gasteiger partial charge on any atom is 0.231 e. The number of hydrogen-bond donors (Lipinski definition) is 1. The zero-order valence-corrected chi connectivity index (χ0v) is 11.6. The molecule has 2 heterocycles. The van der Waals surface area contributed by atoms with Crippen LogP contribution in [0.3, 0.4) is 0 Å². The third kappa shape index (κ3) is 2.03. The van der Waals surface area contributed by atoms with Gasteiger partial charge in [0.2, 0.25) is 6.79 Å². The number of para-hydroxylation sites is 1. The summed E-state index contributed by atoms with van der Waals surface area (Å²) in [6.45, 7) is 0.220. The van der Waals surface area contributed by atoms with E-state index in [0.717, 1.165) is 22.2 Å². The Balaban J connectivity index is 1.82. The summed E-state index contributed by atoms with van der Waals surface area (Å²) in [6.07, 6.45) is 0. The van der Waals surface area contributed by atoms with Gasteiger partial charge in [-0.2, -0.15) is 0 Å². The number of H-pyrrole nitrogens is 1. The normalized spacial score (nSPS) is 13.8. The molecule has 22 heavy (non-hydrogen) atoms. The molecule has 4 rings (SSSR count). The summed E-state index contributed by atoms with van der Waals surface area (Å²) in [7, 11) is 0. The van der Waals surface area contributed by atoms with Crippen molar-refractivity contribution in [3.63, 3.8) is 0 Å².